The maximum atomic E-state index is 10.8. The van der Waals surface area contributed by atoms with Gasteiger partial charge in [-0.2, -0.15) is 0 Å². The average molecular weight is 200 g/mol. The Hall–Kier alpha value is -1.32. The van der Waals surface area contributed by atoms with Crippen LogP contribution in [0, 0.1) is 0 Å². The number of hydrogen-bond acceptors (Lipinski definition) is 4. The van der Waals surface area contributed by atoms with Gasteiger partial charge in [0.05, 0.1) is 20.1 Å². The van der Waals surface area contributed by atoms with Crippen molar-refractivity contribution in [3.05, 3.63) is 12.2 Å². The van der Waals surface area contributed by atoms with Crippen LogP contribution in [0.15, 0.2) is 12.2 Å². The molecule has 0 saturated heterocycles. The molecule has 0 aliphatic rings. The standard InChI is InChI=1S/C10H16O4/c1-3-14-10(12)8-6-4-5-7-9(11)13-2/h4-5H,3,6-8H2,1-2H3. The SMILES string of the molecule is CCOC(=O)CCC=CCC(=O)OC. The van der Waals surface area contributed by atoms with Crippen molar-refractivity contribution in [2.24, 2.45) is 0 Å². The molecule has 0 heterocycles. The highest BCUT2D eigenvalue weighted by atomic mass is 16.5. The van der Waals surface area contributed by atoms with Crippen molar-refractivity contribution in [2.75, 3.05) is 13.7 Å². The third-order valence-corrected chi connectivity index (χ3v) is 1.50. The normalized spacial score (nSPS) is 10.1. The van der Waals surface area contributed by atoms with Gasteiger partial charge in [-0.3, -0.25) is 9.59 Å². The van der Waals surface area contributed by atoms with E-state index in [-0.39, 0.29) is 18.4 Å². The molecule has 0 unspecified atom stereocenters. The van der Waals surface area contributed by atoms with E-state index in [1.165, 1.54) is 7.11 Å². The second-order valence-electron chi connectivity index (χ2n) is 2.60. The molecule has 0 bridgehead atoms. The lowest BCUT2D eigenvalue weighted by Crippen LogP contribution is -2.02. The number of carbonyl (C=O) groups is 2. The van der Waals surface area contributed by atoms with E-state index >= 15 is 0 Å². The Kier molecular flexibility index (Phi) is 7.50. The molecule has 4 heteroatoms. The van der Waals surface area contributed by atoms with Gasteiger partial charge < -0.3 is 9.47 Å². The maximum absolute atomic E-state index is 10.8. The lowest BCUT2D eigenvalue weighted by Gasteiger charge is -1.97. The minimum atomic E-state index is -0.280. The molecule has 0 aliphatic carbocycles. The van der Waals surface area contributed by atoms with Gasteiger partial charge in [0.1, 0.15) is 0 Å². The monoisotopic (exact) mass is 200 g/mol. The van der Waals surface area contributed by atoms with Gasteiger partial charge in [0.25, 0.3) is 0 Å². The number of carbonyl (C=O) groups excluding carboxylic acids is 2. The van der Waals surface area contributed by atoms with Crippen LogP contribution in [0.4, 0.5) is 0 Å². The molecule has 0 amide bonds. The van der Waals surface area contributed by atoms with Crippen LogP contribution in [0.3, 0.4) is 0 Å². The second kappa shape index (κ2) is 8.29. The highest BCUT2D eigenvalue weighted by Crippen LogP contribution is 1.96. The Balaban J connectivity index is 3.44. The Morgan fingerprint density at radius 3 is 2.50 bits per heavy atom. The first kappa shape index (κ1) is 12.7. The van der Waals surface area contributed by atoms with E-state index in [4.69, 9.17) is 4.74 Å². The maximum Gasteiger partial charge on any atom is 0.309 e. The number of esters is 2. The van der Waals surface area contributed by atoms with E-state index in [2.05, 4.69) is 4.74 Å². The number of allylic oxidation sites excluding steroid dienone is 1. The van der Waals surface area contributed by atoms with Gasteiger partial charge in [0.2, 0.25) is 0 Å². The second-order valence-corrected chi connectivity index (χ2v) is 2.60. The first-order valence-corrected chi connectivity index (χ1v) is 4.58. The van der Waals surface area contributed by atoms with Crippen molar-refractivity contribution in [1.82, 2.24) is 0 Å². The Labute approximate surface area is 83.9 Å². The molecule has 0 aromatic rings. The van der Waals surface area contributed by atoms with Crippen LogP contribution in [0.2, 0.25) is 0 Å². The summed E-state index contributed by atoms with van der Waals surface area (Å²) in [6, 6.07) is 0. The summed E-state index contributed by atoms with van der Waals surface area (Å²) in [6.07, 6.45) is 4.65. The Morgan fingerprint density at radius 2 is 1.93 bits per heavy atom. The van der Waals surface area contributed by atoms with E-state index in [0.717, 1.165) is 0 Å². The van der Waals surface area contributed by atoms with Gasteiger partial charge in [-0.15, -0.1) is 0 Å². The molecule has 80 valence electrons. The lowest BCUT2D eigenvalue weighted by molar-refractivity contribution is -0.143. The number of methoxy groups -OCH3 is 1. The molecule has 0 aliphatic heterocycles. The van der Waals surface area contributed by atoms with Crippen LogP contribution in [0.5, 0.6) is 0 Å². The molecule has 0 radical (unpaired) electrons. The van der Waals surface area contributed by atoms with Crippen LogP contribution in [0.25, 0.3) is 0 Å². The molecule has 0 spiro atoms. The van der Waals surface area contributed by atoms with Gasteiger partial charge in [0.15, 0.2) is 0 Å². The molecule has 4 nitrogen and oxygen atoms in total. The van der Waals surface area contributed by atoms with E-state index in [0.29, 0.717) is 19.4 Å². The zero-order chi connectivity index (χ0) is 10.8. The van der Waals surface area contributed by atoms with Crippen molar-refractivity contribution >= 4 is 11.9 Å². The smallest absolute Gasteiger partial charge is 0.309 e. The van der Waals surface area contributed by atoms with Crippen LogP contribution in [-0.2, 0) is 19.1 Å². The zero-order valence-electron chi connectivity index (χ0n) is 8.62. The molecule has 0 saturated carbocycles. The van der Waals surface area contributed by atoms with Gasteiger partial charge in [0, 0.05) is 6.42 Å². The van der Waals surface area contributed by atoms with Crippen molar-refractivity contribution in [3.63, 3.8) is 0 Å². The fraction of sp³-hybridized carbons (Fsp3) is 0.600. The summed E-state index contributed by atoms with van der Waals surface area (Å²) in [7, 11) is 1.34. The molecule has 0 aromatic heterocycles. The van der Waals surface area contributed by atoms with Crippen LogP contribution < -0.4 is 0 Å². The van der Waals surface area contributed by atoms with Crippen LogP contribution >= 0.6 is 0 Å². The van der Waals surface area contributed by atoms with Gasteiger partial charge in [-0.25, -0.2) is 0 Å². The van der Waals surface area contributed by atoms with Gasteiger partial charge in [-0.1, -0.05) is 12.2 Å². The largest absolute Gasteiger partial charge is 0.469 e. The Morgan fingerprint density at radius 1 is 1.21 bits per heavy atom. The summed E-state index contributed by atoms with van der Waals surface area (Å²) in [5, 5.41) is 0. The summed E-state index contributed by atoms with van der Waals surface area (Å²) in [6.45, 7) is 2.18. The molecule has 14 heavy (non-hydrogen) atoms. The molecular weight excluding hydrogens is 184 g/mol. The van der Waals surface area contributed by atoms with Gasteiger partial charge in [-0.05, 0) is 13.3 Å². The van der Waals surface area contributed by atoms with Gasteiger partial charge >= 0.3 is 11.9 Å². The highest BCUT2D eigenvalue weighted by Gasteiger charge is 1.98. The van der Waals surface area contributed by atoms with Crippen LogP contribution in [0.1, 0.15) is 26.2 Å². The molecule has 0 aromatic carbocycles. The Bertz CT molecular complexity index is 208. The first-order valence-electron chi connectivity index (χ1n) is 4.58. The first-order chi connectivity index (χ1) is 6.70. The van der Waals surface area contributed by atoms with Crippen molar-refractivity contribution < 1.29 is 19.1 Å². The van der Waals surface area contributed by atoms with Crippen LogP contribution in [-0.4, -0.2) is 25.7 Å². The molecule has 0 atom stereocenters. The third-order valence-electron chi connectivity index (χ3n) is 1.50. The zero-order valence-corrected chi connectivity index (χ0v) is 8.62. The fourth-order valence-electron chi connectivity index (χ4n) is 0.815. The topological polar surface area (TPSA) is 52.6 Å². The minimum absolute atomic E-state index is 0.213. The quantitative estimate of drug-likeness (QED) is 0.481. The van der Waals surface area contributed by atoms with Crippen molar-refractivity contribution in [3.8, 4) is 0 Å². The predicted molar refractivity (Wildman–Crippen MR) is 51.6 cm³/mol. The van der Waals surface area contributed by atoms with E-state index in [9.17, 15) is 9.59 Å². The summed E-state index contributed by atoms with van der Waals surface area (Å²) in [5.41, 5.74) is 0. The number of rotatable bonds is 6. The summed E-state index contributed by atoms with van der Waals surface area (Å²) >= 11 is 0. The molecule has 0 fully saturated rings. The minimum Gasteiger partial charge on any atom is -0.469 e. The van der Waals surface area contributed by atoms with E-state index in [1.807, 2.05) is 0 Å². The molecular formula is C10H16O4. The average Bonchev–Trinajstić information content (AvgIpc) is 2.17. The third kappa shape index (κ3) is 7.34. The van der Waals surface area contributed by atoms with E-state index < -0.39 is 0 Å². The summed E-state index contributed by atoms with van der Waals surface area (Å²) in [4.78, 5) is 21.5. The van der Waals surface area contributed by atoms with Crippen molar-refractivity contribution in [2.45, 2.75) is 26.2 Å². The molecule has 0 rings (SSSR count). The van der Waals surface area contributed by atoms with E-state index in [1.54, 1.807) is 19.1 Å². The predicted octanol–water partition coefficient (Wildman–Crippen LogP) is 1.45. The lowest BCUT2D eigenvalue weighted by atomic mass is 10.2. The van der Waals surface area contributed by atoms with Crippen molar-refractivity contribution in [1.29, 1.82) is 0 Å². The number of ether oxygens (including phenoxy) is 2. The number of hydrogen-bond donors (Lipinski definition) is 0. The summed E-state index contributed by atoms with van der Waals surface area (Å²) < 4.78 is 9.16. The fourth-order valence-corrected chi connectivity index (χ4v) is 0.815. The molecule has 0 N–H and O–H groups in total. The summed E-state index contributed by atoms with van der Waals surface area (Å²) in [5.74, 6) is -0.493. The highest BCUT2D eigenvalue weighted by molar-refractivity contribution is 5.71.